The van der Waals surface area contributed by atoms with Gasteiger partial charge in [0.25, 0.3) is 5.89 Å². The molecule has 0 N–H and O–H groups in total. The van der Waals surface area contributed by atoms with Gasteiger partial charge in [0.1, 0.15) is 5.01 Å². The minimum absolute atomic E-state index is 0.578. The number of hydrogen-bond donors (Lipinski definition) is 0. The molecule has 0 saturated carbocycles. The number of nitrogens with zero attached hydrogens (tertiary/aromatic N) is 4. The van der Waals surface area contributed by atoms with Crippen LogP contribution >= 0.6 is 34.4 Å². The lowest BCUT2D eigenvalue weighted by molar-refractivity contribution is 0.426. The van der Waals surface area contributed by atoms with Crippen molar-refractivity contribution in [1.82, 2.24) is 20.3 Å². The molecule has 18 heavy (non-hydrogen) atoms. The molecule has 0 saturated heterocycles. The van der Waals surface area contributed by atoms with Crippen molar-refractivity contribution in [2.24, 2.45) is 0 Å². The van der Waals surface area contributed by atoms with E-state index in [4.69, 9.17) is 4.52 Å². The van der Waals surface area contributed by atoms with Gasteiger partial charge in [0.15, 0.2) is 10.2 Å². The van der Waals surface area contributed by atoms with Crippen molar-refractivity contribution >= 4 is 34.4 Å². The van der Waals surface area contributed by atoms with E-state index < -0.39 is 0 Å². The normalized spacial score (nSPS) is 10.9. The zero-order valence-electron chi connectivity index (χ0n) is 9.36. The van der Waals surface area contributed by atoms with Gasteiger partial charge in [0, 0.05) is 0 Å². The van der Waals surface area contributed by atoms with Crippen LogP contribution in [0.3, 0.4) is 0 Å². The lowest BCUT2D eigenvalue weighted by atomic mass is 10.5. The topological polar surface area (TPSA) is 64.7 Å². The van der Waals surface area contributed by atoms with Gasteiger partial charge in [-0.25, -0.2) is 0 Å². The Bertz CT molecular complexity index is 631. The molecule has 0 aromatic carbocycles. The standard InChI is InChI=1S/C10H8N4OS3/c1-6-12-13-10(18-6)17-5-8-11-9(15-14-8)7-3-2-4-16-7/h2-4H,5H2,1H3. The van der Waals surface area contributed by atoms with E-state index >= 15 is 0 Å². The van der Waals surface area contributed by atoms with Crippen LogP contribution in [0.5, 0.6) is 0 Å². The lowest BCUT2D eigenvalue weighted by Gasteiger charge is -1.88. The average molecular weight is 296 g/mol. The number of hydrogen-bond acceptors (Lipinski definition) is 8. The lowest BCUT2D eigenvalue weighted by Crippen LogP contribution is -1.83. The molecule has 0 bridgehead atoms. The molecular formula is C10H8N4OS3. The number of rotatable bonds is 4. The van der Waals surface area contributed by atoms with E-state index in [-0.39, 0.29) is 0 Å². The molecule has 0 unspecified atom stereocenters. The van der Waals surface area contributed by atoms with Crippen LogP contribution in [0.25, 0.3) is 10.8 Å². The summed E-state index contributed by atoms with van der Waals surface area (Å²) in [6.45, 7) is 1.94. The van der Waals surface area contributed by atoms with Crippen molar-refractivity contribution in [3.05, 3.63) is 28.3 Å². The summed E-state index contributed by atoms with van der Waals surface area (Å²) in [5, 5.41) is 14.9. The first-order valence-electron chi connectivity index (χ1n) is 5.10. The van der Waals surface area contributed by atoms with Gasteiger partial charge in [-0.15, -0.1) is 21.5 Å². The third-order valence-corrected chi connectivity index (χ3v) is 4.86. The van der Waals surface area contributed by atoms with Crippen LogP contribution in [-0.4, -0.2) is 20.3 Å². The molecule has 5 nitrogen and oxygen atoms in total. The summed E-state index contributed by atoms with van der Waals surface area (Å²) in [5.74, 6) is 1.90. The molecule has 0 amide bonds. The van der Waals surface area contributed by atoms with E-state index in [2.05, 4.69) is 20.3 Å². The fraction of sp³-hybridized carbons (Fsp3) is 0.200. The van der Waals surface area contributed by atoms with E-state index in [1.807, 2.05) is 24.4 Å². The Kier molecular flexibility index (Phi) is 3.39. The van der Waals surface area contributed by atoms with E-state index in [0.717, 1.165) is 14.2 Å². The highest BCUT2D eigenvalue weighted by Gasteiger charge is 2.10. The Hall–Kier alpha value is -1.25. The summed E-state index contributed by atoms with van der Waals surface area (Å²) in [7, 11) is 0. The zero-order chi connectivity index (χ0) is 12.4. The van der Waals surface area contributed by atoms with Crippen LogP contribution in [0.4, 0.5) is 0 Å². The van der Waals surface area contributed by atoms with Gasteiger partial charge in [-0.1, -0.05) is 34.3 Å². The van der Waals surface area contributed by atoms with Gasteiger partial charge in [0.2, 0.25) is 0 Å². The van der Waals surface area contributed by atoms with Crippen LogP contribution in [-0.2, 0) is 5.75 Å². The van der Waals surface area contributed by atoms with Crippen molar-refractivity contribution < 1.29 is 4.52 Å². The predicted octanol–water partition coefficient (Wildman–Crippen LogP) is 3.25. The maximum atomic E-state index is 5.21. The quantitative estimate of drug-likeness (QED) is 0.689. The van der Waals surface area contributed by atoms with Gasteiger partial charge in [0.05, 0.1) is 10.6 Å². The van der Waals surface area contributed by atoms with Crippen LogP contribution in [0, 0.1) is 6.92 Å². The fourth-order valence-electron chi connectivity index (χ4n) is 1.28. The molecular weight excluding hydrogens is 288 g/mol. The maximum Gasteiger partial charge on any atom is 0.268 e. The Morgan fingerprint density at radius 1 is 1.39 bits per heavy atom. The molecule has 3 aromatic heterocycles. The Labute approximate surface area is 115 Å². The van der Waals surface area contributed by atoms with Crippen molar-refractivity contribution in [3.63, 3.8) is 0 Å². The molecule has 3 rings (SSSR count). The molecule has 0 radical (unpaired) electrons. The molecule has 3 heterocycles. The number of thioether (sulfide) groups is 1. The summed E-state index contributed by atoms with van der Waals surface area (Å²) in [4.78, 5) is 5.33. The smallest absolute Gasteiger partial charge is 0.268 e. The van der Waals surface area contributed by atoms with Crippen LogP contribution in [0.1, 0.15) is 10.8 Å². The molecule has 3 aromatic rings. The molecule has 0 spiro atoms. The number of aryl methyl sites for hydroxylation is 1. The molecule has 0 aliphatic heterocycles. The molecule has 92 valence electrons. The second-order valence-electron chi connectivity index (χ2n) is 3.37. The van der Waals surface area contributed by atoms with Crippen LogP contribution in [0.15, 0.2) is 26.4 Å². The molecule has 8 heteroatoms. The Balaban J connectivity index is 1.67. The average Bonchev–Trinajstić information content (AvgIpc) is 3.07. The molecule has 0 atom stereocenters. The molecule has 0 aliphatic rings. The van der Waals surface area contributed by atoms with E-state index in [9.17, 15) is 0 Å². The highest BCUT2D eigenvalue weighted by Crippen LogP contribution is 2.27. The highest BCUT2D eigenvalue weighted by molar-refractivity contribution is 8.00. The van der Waals surface area contributed by atoms with E-state index in [1.165, 1.54) is 0 Å². The van der Waals surface area contributed by atoms with Crippen molar-refractivity contribution in [2.45, 2.75) is 17.0 Å². The monoisotopic (exact) mass is 296 g/mol. The van der Waals surface area contributed by atoms with Gasteiger partial charge in [-0.3, -0.25) is 0 Å². The van der Waals surface area contributed by atoms with Gasteiger partial charge >= 0.3 is 0 Å². The van der Waals surface area contributed by atoms with E-state index in [0.29, 0.717) is 17.5 Å². The summed E-state index contributed by atoms with van der Waals surface area (Å²) >= 11 is 4.72. The Morgan fingerprint density at radius 2 is 2.33 bits per heavy atom. The second kappa shape index (κ2) is 5.17. The second-order valence-corrected chi connectivity index (χ2v) is 6.72. The van der Waals surface area contributed by atoms with Crippen molar-refractivity contribution in [3.8, 4) is 10.8 Å². The zero-order valence-corrected chi connectivity index (χ0v) is 11.8. The SMILES string of the molecule is Cc1nnc(SCc2noc(-c3cccs3)n2)s1. The summed E-state index contributed by atoms with van der Waals surface area (Å²) in [5.41, 5.74) is 0. The van der Waals surface area contributed by atoms with Gasteiger partial charge in [-0.05, 0) is 18.4 Å². The minimum Gasteiger partial charge on any atom is -0.333 e. The number of thiophene rings is 1. The summed E-state index contributed by atoms with van der Waals surface area (Å²) in [6, 6.07) is 3.92. The maximum absolute atomic E-state index is 5.21. The first-order valence-corrected chi connectivity index (χ1v) is 7.79. The third kappa shape index (κ3) is 2.60. The highest BCUT2D eigenvalue weighted by atomic mass is 32.2. The fourth-order valence-corrected chi connectivity index (χ4v) is 3.58. The van der Waals surface area contributed by atoms with Gasteiger partial charge < -0.3 is 4.52 Å². The molecule has 0 fully saturated rings. The number of aromatic nitrogens is 4. The largest absolute Gasteiger partial charge is 0.333 e. The van der Waals surface area contributed by atoms with Crippen LogP contribution in [0.2, 0.25) is 0 Å². The third-order valence-electron chi connectivity index (χ3n) is 2.03. The van der Waals surface area contributed by atoms with Crippen molar-refractivity contribution in [1.29, 1.82) is 0 Å². The molecule has 0 aliphatic carbocycles. The van der Waals surface area contributed by atoms with Gasteiger partial charge in [-0.2, -0.15) is 4.98 Å². The predicted molar refractivity (Wildman–Crippen MR) is 71.8 cm³/mol. The Morgan fingerprint density at radius 3 is 3.06 bits per heavy atom. The van der Waals surface area contributed by atoms with Crippen LogP contribution < -0.4 is 0 Å². The summed E-state index contributed by atoms with van der Waals surface area (Å²) in [6.07, 6.45) is 0. The van der Waals surface area contributed by atoms with E-state index in [1.54, 1.807) is 34.4 Å². The summed E-state index contributed by atoms with van der Waals surface area (Å²) < 4.78 is 6.13. The van der Waals surface area contributed by atoms with Crippen molar-refractivity contribution in [2.75, 3.05) is 0 Å². The first kappa shape index (κ1) is 11.8. The first-order chi connectivity index (χ1) is 8.81. The minimum atomic E-state index is 0.578.